The first-order chi connectivity index (χ1) is 13.7. The van der Waals surface area contributed by atoms with Crippen molar-refractivity contribution in [2.24, 2.45) is 0 Å². The topological polar surface area (TPSA) is 3.01 Å². The van der Waals surface area contributed by atoms with Crippen molar-refractivity contribution in [1.82, 2.24) is 0 Å². The standard InChI is InChI=1S/C27H21N/c1-19-18-22(13-14-23(19)20-8-4-3-5-9-20)27-26-15-12-21-10-6-7-11-24(21)25(26)16-17-28(27)2/h3-18H,2H2,1H3. The number of hydrogen-bond acceptors (Lipinski definition) is 0. The number of nitrogens with zero attached hydrogens (tertiary/aromatic N) is 1. The molecule has 1 aliphatic heterocycles. The van der Waals surface area contributed by atoms with Crippen LogP contribution in [0.5, 0.6) is 0 Å². The molecule has 134 valence electrons. The van der Waals surface area contributed by atoms with Gasteiger partial charge in [-0.3, -0.25) is 0 Å². The van der Waals surface area contributed by atoms with E-state index in [1.807, 2.05) is 4.58 Å². The van der Waals surface area contributed by atoms with E-state index in [4.69, 9.17) is 0 Å². The number of rotatable bonds is 2. The molecule has 1 heterocycles. The minimum Gasteiger partial charge on any atom is -0.243 e. The SMILES string of the molecule is C=[N+]1C=Cc2c(ccc3ccccc23)[C-]1c1ccc(-c2ccccc2)c(C)c1. The lowest BCUT2D eigenvalue weighted by Gasteiger charge is -2.26. The molecule has 0 radical (unpaired) electrons. The van der Waals surface area contributed by atoms with Gasteiger partial charge in [0, 0.05) is 0 Å². The van der Waals surface area contributed by atoms with Crippen LogP contribution in [0.15, 0.2) is 91.1 Å². The lowest BCUT2D eigenvalue weighted by molar-refractivity contribution is -0.418. The van der Waals surface area contributed by atoms with E-state index >= 15 is 0 Å². The molecule has 0 spiro atoms. The van der Waals surface area contributed by atoms with Gasteiger partial charge in [-0.2, -0.15) is 0 Å². The molecular weight excluding hydrogens is 338 g/mol. The molecule has 0 bridgehead atoms. The lowest BCUT2D eigenvalue weighted by atomic mass is 9.87. The minimum absolute atomic E-state index is 1.14. The molecule has 1 nitrogen and oxygen atoms in total. The normalized spacial score (nSPS) is 13.0. The van der Waals surface area contributed by atoms with Crippen molar-refractivity contribution in [3.63, 3.8) is 0 Å². The Kier molecular flexibility index (Phi) is 3.87. The minimum atomic E-state index is 1.14. The van der Waals surface area contributed by atoms with E-state index < -0.39 is 0 Å². The third-order valence-electron chi connectivity index (χ3n) is 5.52. The van der Waals surface area contributed by atoms with E-state index in [-0.39, 0.29) is 0 Å². The van der Waals surface area contributed by atoms with Gasteiger partial charge in [0.05, 0.1) is 6.72 Å². The molecule has 0 saturated carbocycles. The van der Waals surface area contributed by atoms with Crippen LogP contribution in [0.25, 0.3) is 28.0 Å². The molecule has 28 heavy (non-hydrogen) atoms. The van der Waals surface area contributed by atoms with Crippen LogP contribution in [0, 0.1) is 13.0 Å². The highest BCUT2D eigenvalue weighted by molar-refractivity contribution is 5.93. The Balaban J connectivity index is 1.64. The largest absolute Gasteiger partial charge is 0.243 e. The van der Waals surface area contributed by atoms with Gasteiger partial charge < -0.3 is 0 Å². The van der Waals surface area contributed by atoms with Gasteiger partial charge in [-0.1, -0.05) is 90.5 Å². The molecule has 0 amide bonds. The van der Waals surface area contributed by atoms with Gasteiger partial charge in [-0.25, -0.2) is 4.58 Å². The average molecular weight is 359 g/mol. The van der Waals surface area contributed by atoms with E-state index in [9.17, 15) is 0 Å². The first kappa shape index (κ1) is 16.6. The molecule has 0 aromatic heterocycles. The van der Waals surface area contributed by atoms with E-state index in [0.29, 0.717) is 0 Å². The zero-order valence-corrected chi connectivity index (χ0v) is 15.9. The van der Waals surface area contributed by atoms with Crippen molar-refractivity contribution < 1.29 is 4.58 Å². The van der Waals surface area contributed by atoms with Gasteiger partial charge in [0.25, 0.3) is 0 Å². The number of aryl methyl sites for hydroxylation is 1. The fraction of sp³-hybridized carbons (Fsp3) is 0.0370. The second-order valence-electron chi connectivity index (χ2n) is 7.28. The second kappa shape index (κ2) is 6.54. The van der Waals surface area contributed by atoms with Crippen LogP contribution in [0.4, 0.5) is 0 Å². The van der Waals surface area contributed by atoms with Crippen LogP contribution in [0.3, 0.4) is 0 Å². The molecule has 4 aromatic carbocycles. The Labute approximate surface area is 165 Å². The molecule has 5 rings (SSSR count). The fourth-order valence-electron chi connectivity index (χ4n) is 4.15. The van der Waals surface area contributed by atoms with Crippen LogP contribution in [0.1, 0.15) is 22.3 Å². The smallest absolute Gasteiger partial charge is 0.159 e. The molecule has 0 saturated heterocycles. The predicted octanol–water partition coefficient (Wildman–Crippen LogP) is 6.44. The van der Waals surface area contributed by atoms with Crippen molar-refractivity contribution in [3.05, 3.63) is 119 Å². The molecular formula is C27H21N. The highest BCUT2D eigenvalue weighted by Crippen LogP contribution is 2.37. The maximum absolute atomic E-state index is 4.25. The van der Waals surface area contributed by atoms with Crippen molar-refractivity contribution >= 4 is 23.6 Å². The van der Waals surface area contributed by atoms with Gasteiger partial charge in [-0.15, -0.1) is 0 Å². The Morgan fingerprint density at radius 2 is 1.61 bits per heavy atom. The highest BCUT2D eigenvalue weighted by atomic mass is 15.0. The van der Waals surface area contributed by atoms with Crippen molar-refractivity contribution in [1.29, 1.82) is 0 Å². The number of benzene rings is 4. The molecule has 0 aliphatic carbocycles. The molecule has 1 aliphatic rings. The quantitative estimate of drug-likeness (QED) is 0.286. The summed E-state index contributed by atoms with van der Waals surface area (Å²) in [5.41, 5.74) is 7.46. The lowest BCUT2D eigenvalue weighted by Crippen LogP contribution is -2.19. The summed E-state index contributed by atoms with van der Waals surface area (Å²) in [7, 11) is 0. The molecule has 0 atom stereocenters. The number of fused-ring (bicyclic) bond motifs is 3. The van der Waals surface area contributed by atoms with E-state index in [2.05, 4.69) is 111 Å². The first-order valence-electron chi connectivity index (χ1n) is 9.56. The summed E-state index contributed by atoms with van der Waals surface area (Å²) in [6.07, 6.45) is 4.23. The third kappa shape index (κ3) is 2.64. The summed E-state index contributed by atoms with van der Waals surface area (Å²) in [6.45, 7) is 6.43. The third-order valence-corrected chi connectivity index (χ3v) is 5.52. The summed E-state index contributed by atoms with van der Waals surface area (Å²) in [5.74, 6) is 0. The maximum atomic E-state index is 4.25. The fourth-order valence-corrected chi connectivity index (χ4v) is 4.15. The van der Waals surface area contributed by atoms with Crippen molar-refractivity contribution in [2.45, 2.75) is 6.92 Å². The monoisotopic (exact) mass is 359 g/mol. The Bertz CT molecular complexity index is 1230. The predicted molar refractivity (Wildman–Crippen MR) is 118 cm³/mol. The average Bonchev–Trinajstić information content (AvgIpc) is 2.74. The zero-order chi connectivity index (χ0) is 19.1. The summed E-state index contributed by atoms with van der Waals surface area (Å²) in [6, 6.07) is 31.4. The van der Waals surface area contributed by atoms with E-state index in [0.717, 1.165) is 6.04 Å². The number of hydrogen-bond donors (Lipinski definition) is 0. The summed E-state index contributed by atoms with van der Waals surface area (Å²) < 4.78 is 1.98. The van der Waals surface area contributed by atoms with Crippen LogP contribution in [-0.4, -0.2) is 11.3 Å². The molecule has 4 aromatic rings. The van der Waals surface area contributed by atoms with Gasteiger partial charge in [0.2, 0.25) is 0 Å². The Hall–Kier alpha value is -3.58. The second-order valence-corrected chi connectivity index (χ2v) is 7.28. The van der Waals surface area contributed by atoms with Gasteiger partial charge >= 0.3 is 0 Å². The Morgan fingerprint density at radius 3 is 2.43 bits per heavy atom. The molecule has 0 N–H and O–H groups in total. The van der Waals surface area contributed by atoms with Gasteiger partial charge in [0.15, 0.2) is 6.04 Å². The van der Waals surface area contributed by atoms with Gasteiger partial charge in [-0.05, 0) is 51.6 Å². The summed E-state index contributed by atoms with van der Waals surface area (Å²) in [5, 5.41) is 2.54. The van der Waals surface area contributed by atoms with E-state index in [1.165, 1.54) is 44.2 Å². The summed E-state index contributed by atoms with van der Waals surface area (Å²) >= 11 is 0. The van der Waals surface area contributed by atoms with Gasteiger partial charge in [0.1, 0.15) is 6.20 Å². The van der Waals surface area contributed by atoms with E-state index in [1.54, 1.807) is 0 Å². The van der Waals surface area contributed by atoms with Crippen LogP contribution in [-0.2, 0) is 0 Å². The Morgan fingerprint density at radius 1 is 0.821 bits per heavy atom. The molecule has 0 fully saturated rings. The molecule has 1 heteroatoms. The highest BCUT2D eigenvalue weighted by Gasteiger charge is 2.25. The van der Waals surface area contributed by atoms with Crippen molar-refractivity contribution in [2.75, 3.05) is 0 Å². The molecule has 0 unspecified atom stereocenters. The summed E-state index contributed by atoms with van der Waals surface area (Å²) in [4.78, 5) is 0. The zero-order valence-electron chi connectivity index (χ0n) is 15.9. The van der Waals surface area contributed by atoms with Crippen LogP contribution in [0.2, 0.25) is 0 Å². The first-order valence-corrected chi connectivity index (χ1v) is 9.56. The maximum Gasteiger partial charge on any atom is 0.159 e. The van der Waals surface area contributed by atoms with Crippen LogP contribution >= 0.6 is 0 Å². The van der Waals surface area contributed by atoms with Crippen LogP contribution < -0.4 is 0 Å². The van der Waals surface area contributed by atoms with Crippen molar-refractivity contribution in [3.8, 4) is 11.1 Å².